The van der Waals surface area contributed by atoms with Gasteiger partial charge in [0, 0.05) is 44.6 Å². The number of carbonyl (C=O) groups is 4. The highest BCUT2D eigenvalue weighted by Crippen LogP contribution is 2.57. The molecule has 1 saturated heterocycles. The lowest BCUT2D eigenvalue weighted by atomic mass is 9.71. The molecule has 4 unspecified atom stereocenters. The summed E-state index contributed by atoms with van der Waals surface area (Å²) < 4.78 is 0. The van der Waals surface area contributed by atoms with E-state index in [2.05, 4.69) is 10.6 Å². The Morgan fingerprint density at radius 1 is 0.867 bits per heavy atom. The van der Waals surface area contributed by atoms with Gasteiger partial charge in [-0.25, -0.2) is 9.59 Å². The van der Waals surface area contributed by atoms with E-state index in [1.54, 1.807) is 66.7 Å². The summed E-state index contributed by atoms with van der Waals surface area (Å²) in [6, 6.07) is 21.0. The number of ketones is 1. The number of nitrogens with zero attached hydrogens (tertiary/aromatic N) is 1. The van der Waals surface area contributed by atoms with Crippen molar-refractivity contribution in [1.82, 2.24) is 4.90 Å². The molecule has 232 valence electrons. The van der Waals surface area contributed by atoms with Crippen LogP contribution in [-0.4, -0.2) is 39.2 Å². The van der Waals surface area contributed by atoms with Crippen LogP contribution in [-0.2, 0) is 9.59 Å². The Balaban J connectivity index is 1.77. The number of aliphatic carboxylic acids is 1. The van der Waals surface area contributed by atoms with Crippen LogP contribution in [0.1, 0.15) is 62.6 Å². The number of amides is 3. The summed E-state index contributed by atoms with van der Waals surface area (Å²) >= 11 is 7.75. The zero-order chi connectivity index (χ0) is 32.6. The molecule has 1 aliphatic heterocycles. The zero-order valence-corrected chi connectivity index (χ0v) is 27.1. The minimum Gasteiger partial charge on any atom is -0.479 e. The van der Waals surface area contributed by atoms with Gasteiger partial charge in [-0.05, 0) is 86.8 Å². The largest absolute Gasteiger partial charge is 0.479 e. The third-order valence-electron chi connectivity index (χ3n) is 8.42. The Morgan fingerprint density at radius 3 is 2.07 bits per heavy atom. The number of carboxylic acid groups (broad SMARTS) is 1. The van der Waals surface area contributed by atoms with E-state index in [1.165, 1.54) is 30.1 Å². The van der Waals surface area contributed by atoms with Crippen molar-refractivity contribution >= 4 is 58.0 Å². The van der Waals surface area contributed by atoms with Crippen molar-refractivity contribution < 1.29 is 24.3 Å². The standard InChI is InChI=1S/C35H34ClN3O5S/c1-19-7-6-8-27(17-19)38-34(44)39-31(24-9-13-25(36)14-10-24)29(32(41)28-18-20(2)45-21(28)3)30(35(39,5)33(42)43)23-11-15-26(16-12-23)37-22(4)40/h6-18,29-31H,1-5H3,(H,37,40)(H,38,44)(H,42,43). The van der Waals surface area contributed by atoms with Crippen molar-refractivity contribution in [1.29, 1.82) is 0 Å². The molecule has 3 amide bonds. The molecule has 4 aromatic rings. The molecule has 0 saturated carbocycles. The number of hydrogen-bond acceptors (Lipinski definition) is 5. The molecule has 45 heavy (non-hydrogen) atoms. The fourth-order valence-electron chi connectivity index (χ4n) is 6.49. The quantitative estimate of drug-likeness (QED) is 0.177. The van der Waals surface area contributed by atoms with Crippen LogP contribution < -0.4 is 10.6 Å². The molecular weight excluding hydrogens is 610 g/mol. The number of likely N-dealkylation sites (tertiary alicyclic amines) is 1. The van der Waals surface area contributed by atoms with Gasteiger partial charge in [0.25, 0.3) is 0 Å². The van der Waals surface area contributed by atoms with Crippen LogP contribution in [0, 0.1) is 26.7 Å². The van der Waals surface area contributed by atoms with Crippen LogP contribution >= 0.6 is 22.9 Å². The van der Waals surface area contributed by atoms with Crippen LogP contribution in [0.25, 0.3) is 0 Å². The monoisotopic (exact) mass is 643 g/mol. The van der Waals surface area contributed by atoms with Crippen LogP contribution in [0.2, 0.25) is 5.02 Å². The molecule has 10 heteroatoms. The van der Waals surface area contributed by atoms with Crippen LogP contribution in [0.4, 0.5) is 16.2 Å². The second kappa shape index (κ2) is 12.5. The van der Waals surface area contributed by atoms with Crippen molar-refractivity contribution in [3.05, 3.63) is 116 Å². The number of carbonyl (C=O) groups excluding carboxylic acids is 3. The number of benzene rings is 3. The van der Waals surface area contributed by atoms with E-state index in [-0.39, 0.29) is 11.7 Å². The van der Waals surface area contributed by atoms with E-state index < -0.39 is 35.4 Å². The lowest BCUT2D eigenvalue weighted by Gasteiger charge is -2.37. The maximum Gasteiger partial charge on any atom is 0.330 e. The molecule has 1 aliphatic rings. The van der Waals surface area contributed by atoms with Crippen molar-refractivity contribution in [2.75, 3.05) is 10.6 Å². The number of anilines is 2. The first-order valence-corrected chi connectivity index (χ1v) is 15.7. The van der Waals surface area contributed by atoms with Gasteiger partial charge in [0.2, 0.25) is 5.91 Å². The smallest absolute Gasteiger partial charge is 0.330 e. The van der Waals surface area contributed by atoms with Crippen LogP contribution in [0.3, 0.4) is 0 Å². The van der Waals surface area contributed by atoms with E-state index in [0.29, 0.717) is 33.1 Å². The lowest BCUT2D eigenvalue weighted by molar-refractivity contribution is -0.148. The Kier molecular flexibility index (Phi) is 8.87. The summed E-state index contributed by atoms with van der Waals surface area (Å²) in [7, 11) is 0. The van der Waals surface area contributed by atoms with Crippen molar-refractivity contribution in [2.24, 2.45) is 5.92 Å². The molecule has 0 spiro atoms. The number of nitrogens with one attached hydrogen (secondary N) is 2. The average Bonchev–Trinajstić information content (AvgIpc) is 3.46. The van der Waals surface area contributed by atoms with Crippen molar-refractivity contribution in [3.8, 4) is 0 Å². The third kappa shape index (κ3) is 6.10. The summed E-state index contributed by atoms with van der Waals surface area (Å²) in [5.41, 5.74) is 1.67. The molecule has 0 radical (unpaired) electrons. The lowest BCUT2D eigenvalue weighted by Crippen LogP contribution is -2.55. The molecule has 2 heterocycles. The van der Waals surface area contributed by atoms with Gasteiger partial charge in [0.05, 0.1) is 12.0 Å². The molecule has 3 aromatic carbocycles. The predicted molar refractivity (Wildman–Crippen MR) is 177 cm³/mol. The second-order valence-corrected chi connectivity index (χ2v) is 13.5. The maximum absolute atomic E-state index is 14.8. The number of hydrogen-bond donors (Lipinski definition) is 3. The van der Waals surface area contributed by atoms with Crippen molar-refractivity contribution in [3.63, 3.8) is 0 Å². The van der Waals surface area contributed by atoms with E-state index in [0.717, 1.165) is 15.3 Å². The summed E-state index contributed by atoms with van der Waals surface area (Å²) in [4.78, 5) is 57.5. The number of carboxylic acids is 1. The first-order valence-electron chi connectivity index (χ1n) is 14.5. The molecule has 1 fully saturated rings. The molecule has 5 rings (SSSR count). The van der Waals surface area contributed by atoms with Gasteiger partial charge in [0.15, 0.2) is 5.78 Å². The highest BCUT2D eigenvalue weighted by atomic mass is 35.5. The zero-order valence-electron chi connectivity index (χ0n) is 25.6. The number of urea groups is 1. The van der Waals surface area contributed by atoms with Crippen LogP contribution in [0.5, 0.6) is 0 Å². The van der Waals surface area contributed by atoms with Gasteiger partial charge in [-0.1, -0.05) is 48.0 Å². The number of thiophene rings is 1. The van der Waals surface area contributed by atoms with E-state index in [4.69, 9.17) is 11.6 Å². The number of Topliss-reactive ketones (excluding diaryl/α,β-unsaturated/α-hetero) is 1. The maximum atomic E-state index is 14.8. The average molecular weight is 644 g/mol. The summed E-state index contributed by atoms with van der Waals surface area (Å²) in [6.07, 6.45) is 0. The molecule has 8 nitrogen and oxygen atoms in total. The van der Waals surface area contributed by atoms with Gasteiger partial charge >= 0.3 is 12.0 Å². The number of aryl methyl sites for hydroxylation is 3. The molecule has 3 N–H and O–H groups in total. The first-order chi connectivity index (χ1) is 21.3. The number of rotatable bonds is 7. The Bertz CT molecular complexity index is 1790. The minimum absolute atomic E-state index is 0.253. The van der Waals surface area contributed by atoms with Gasteiger partial charge < -0.3 is 15.7 Å². The fraction of sp³-hybridized carbons (Fsp3) is 0.257. The highest BCUT2D eigenvalue weighted by Gasteiger charge is 2.65. The van der Waals surface area contributed by atoms with E-state index >= 15 is 0 Å². The third-order valence-corrected chi connectivity index (χ3v) is 9.63. The topological polar surface area (TPSA) is 116 Å². The van der Waals surface area contributed by atoms with Gasteiger partial charge in [-0.2, -0.15) is 0 Å². The van der Waals surface area contributed by atoms with Gasteiger partial charge in [-0.3, -0.25) is 14.5 Å². The Labute approximate surface area is 271 Å². The Morgan fingerprint density at radius 2 is 1.51 bits per heavy atom. The Hall–Kier alpha value is -4.47. The molecule has 1 aromatic heterocycles. The summed E-state index contributed by atoms with van der Waals surface area (Å²) in [5, 5.41) is 17.1. The SMILES string of the molecule is CC(=O)Nc1ccc(C2C(C(=O)c3cc(C)sc3C)C(c3ccc(Cl)cc3)N(C(=O)Nc3cccc(C)c3)C2(C)C(=O)O)cc1. The normalized spacial score (nSPS) is 20.9. The first kappa shape index (κ1) is 31.9. The van der Waals surface area contributed by atoms with E-state index in [9.17, 15) is 24.3 Å². The molecule has 0 bridgehead atoms. The van der Waals surface area contributed by atoms with Crippen LogP contribution in [0.15, 0.2) is 78.9 Å². The molecule has 4 atom stereocenters. The van der Waals surface area contributed by atoms with Gasteiger partial charge in [0.1, 0.15) is 5.54 Å². The van der Waals surface area contributed by atoms with E-state index in [1.807, 2.05) is 32.9 Å². The fourth-order valence-corrected chi connectivity index (χ4v) is 7.54. The highest BCUT2D eigenvalue weighted by molar-refractivity contribution is 7.12. The molecule has 0 aliphatic carbocycles. The summed E-state index contributed by atoms with van der Waals surface area (Å²) in [5.74, 6) is -3.74. The van der Waals surface area contributed by atoms with Gasteiger partial charge in [-0.15, -0.1) is 11.3 Å². The van der Waals surface area contributed by atoms with Crippen molar-refractivity contribution in [2.45, 2.75) is 52.1 Å². The minimum atomic E-state index is -1.88. The predicted octanol–water partition coefficient (Wildman–Crippen LogP) is 8.00. The second-order valence-electron chi connectivity index (χ2n) is 11.6. The summed E-state index contributed by atoms with van der Waals surface area (Å²) in [6.45, 7) is 8.57. The number of halogens is 1. The molecular formula is C35H34ClN3O5S.